The molecule has 0 saturated heterocycles. The van der Waals surface area contributed by atoms with Crippen molar-refractivity contribution in [1.29, 1.82) is 0 Å². The molecule has 0 bridgehead atoms. The highest BCUT2D eigenvalue weighted by atomic mass is 31.2. The Kier molecular flexibility index (Phi) is 4.72. The van der Waals surface area contributed by atoms with Crippen LogP contribution in [0.25, 0.3) is 0 Å². The van der Waals surface area contributed by atoms with E-state index in [0.29, 0.717) is 0 Å². The van der Waals surface area contributed by atoms with Crippen LogP contribution in [-0.4, -0.2) is 12.4 Å². The summed E-state index contributed by atoms with van der Waals surface area (Å²) < 4.78 is 26.3. The van der Waals surface area contributed by atoms with Crippen molar-refractivity contribution in [3.05, 3.63) is 0 Å². The van der Waals surface area contributed by atoms with Gasteiger partial charge in [0.05, 0.1) is 6.61 Å². The summed E-state index contributed by atoms with van der Waals surface area (Å²) in [7, 11) is -3.28. The highest BCUT2D eigenvalue weighted by Gasteiger charge is 2.03. The predicted octanol–water partition coefficient (Wildman–Crippen LogP) is 2.15. The third-order valence-electron chi connectivity index (χ3n) is 0.643. The van der Waals surface area contributed by atoms with Crippen molar-refractivity contribution in [2.24, 2.45) is 0 Å². The summed E-state index contributed by atoms with van der Waals surface area (Å²) in [4.78, 5) is 10.1. The fourth-order valence-electron chi connectivity index (χ4n) is 0.258. The van der Waals surface area contributed by atoms with Crippen LogP contribution in [-0.2, 0) is 9.32 Å². The first kappa shape index (κ1) is 8.92. The Hall–Kier alpha value is -0.0800. The SMILES string of the molecule is CC(=O)CCOP(F)F. The molecule has 0 amide bonds. The maximum atomic E-state index is 11.2. The molecule has 9 heavy (non-hydrogen) atoms. The lowest BCUT2D eigenvalue weighted by molar-refractivity contribution is -0.117. The molecule has 0 saturated carbocycles. The number of Topliss-reactive ketones (excluding diaryl/α,β-unsaturated/α-hetero) is 1. The van der Waals surface area contributed by atoms with Gasteiger partial charge in [0.15, 0.2) is 0 Å². The number of carbonyl (C=O) groups is 1. The molecule has 5 heteroatoms. The molecule has 2 nitrogen and oxygen atoms in total. The molecule has 0 spiro atoms. The number of halogens is 2. The van der Waals surface area contributed by atoms with E-state index in [0.717, 1.165) is 0 Å². The molecular formula is C4H7F2O2P. The topological polar surface area (TPSA) is 26.3 Å². The molecule has 54 valence electrons. The minimum absolute atomic E-state index is 0.0761. The number of hydrogen-bond donors (Lipinski definition) is 0. The molecule has 0 rings (SSSR count). The Labute approximate surface area is 53.3 Å². The van der Waals surface area contributed by atoms with Crippen molar-refractivity contribution in [3.63, 3.8) is 0 Å². The Bertz CT molecular complexity index is 96.6. The zero-order chi connectivity index (χ0) is 7.28. The van der Waals surface area contributed by atoms with Gasteiger partial charge < -0.3 is 4.52 Å². The average molecular weight is 156 g/mol. The lowest BCUT2D eigenvalue weighted by Gasteiger charge is -1.95. The molecular weight excluding hydrogens is 149 g/mol. The van der Waals surface area contributed by atoms with Crippen LogP contribution in [0.15, 0.2) is 0 Å². The summed E-state index contributed by atoms with van der Waals surface area (Å²) in [5.74, 6) is -0.133. The summed E-state index contributed by atoms with van der Waals surface area (Å²) in [6, 6.07) is 0. The van der Waals surface area contributed by atoms with Crippen LogP contribution < -0.4 is 0 Å². The molecule has 0 aromatic rings. The van der Waals surface area contributed by atoms with Crippen LogP contribution in [0.2, 0.25) is 0 Å². The number of rotatable bonds is 4. The normalized spacial score (nSPS) is 10.2. The van der Waals surface area contributed by atoms with Gasteiger partial charge in [0.2, 0.25) is 0 Å². The molecule has 0 atom stereocenters. The van der Waals surface area contributed by atoms with Crippen LogP contribution in [0, 0.1) is 0 Å². The molecule has 0 aromatic heterocycles. The molecule has 0 aliphatic heterocycles. The van der Waals surface area contributed by atoms with Gasteiger partial charge >= 0.3 is 8.77 Å². The van der Waals surface area contributed by atoms with Gasteiger partial charge in [-0.2, -0.15) is 8.39 Å². The van der Waals surface area contributed by atoms with Crippen molar-refractivity contribution >= 4 is 14.6 Å². The molecule has 0 unspecified atom stereocenters. The minimum atomic E-state index is -3.28. The van der Waals surface area contributed by atoms with Crippen molar-refractivity contribution in [1.82, 2.24) is 0 Å². The number of hydrogen-bond acceptors (Lipinski definition) is 2. The first-order valence-electron chi connectivity index (χ1n) is 2.37. The van der Waals surface area contributed by atoms with Crippen LogP contribution >= 0.6 is 8.77 Å². The van der Waals surface area contributed by atoms with E-state index in [9.17, 15) is 13.2 Å². The van der Waals surface area contributed by atoms with Crippen LogP contribution in [0.3, 0.4) is 0 Å². The Morgan fingerprint density at radius 2 is 2.22 bits per heavy atom. The van der Waals surface area contributed by atoms with Gasteiger partial charge in [-0.25, -0.2) is 0 Å². The van der Waals surface area contributed by atoms with Gasteiger partial charge in [-0.15, -0.1) is 0 Å². The van der Waals surface area contributed by atoms with Gasteiger partial charge in [0, 0.05) is 6.42 Å². The molecule has 0 radical (unpaired) electrons. The third-order valence-corrected chi connectivity index (χ3v) is 1.02. The Balaban J connectivity index is 3.01. The lowest BCUT2D eigenvalue weighted by Crippen LogP contribution is -1.94. The first-order valence-corrected chi connectivity index (χ1v) is 3.41. The van der Waals surface area contributed by atoms with Crippen molar-refractivity contribution in [3.8, 4) is 0 Å². The highest BCUT2D eigenvalue weighted by Crippen LogP contribution is 2.39. The summed E-state index contributed by atoms with van der Waals surface area (Å²) in [5.41, 5.74) is 0. The van der Waals surface area contributed by atoms with Crippen molar-refractivity contribution in [2.45, 2.75) is 13.3 Å². The van der Waals surface area contributed by atoms with E-state index in [2.05, 4.69) is 4.52 Å². The van der Waals surface area contributed by atoms with Crippen LogP contribution in [0.1, 0.15) is 13.3 Å². The quantitative estimate of drug-likeness (QED) is 0.583. The smallest absolute Gasteiger partial charge is 0.305 e. The minimum Gasteiger partial charge on any atom is -0.305 e. The van der Waals surface area contributed by atoms with E-state index >= 15 is 0 Å². The molecule has 0 aliphatic rings. The largest absolute Gasteiger partial charge is 0.415 e. The number of ketones is 1. The van der Waals surface area contributed by atoms with Crippen LogP contribution in [0.4, 0.5) is 8.39 Å². The second kappa shape index (κ2) is 4.77. The zero-order valence-corrected chi connectivity index (χ0v) is 5.83. The van der Waals surface area contributed by atoms with E-state index in [-0.39, 0.29) is 18.8 Å². The molecule has 0 aromatic carbocycles. The molecule has 0 N–H and O–H groups in total. The van der Waals surface area contributed by atoms with Crippen LogP contribution in [0.5, 0.6) is 0 Å². The zero-order valence-electron chi connectivity index (χ0n) is 4.93. The third kappa shape index (κ3) is 7.92. The standard InChI is InChI=1S/C4H7F2O2P/c1-4(7)2-3-8-9(5)6/h2-3H2,1H3. The van der Waals surface area contributed by atoms with Gasteiger partial charge in [-0.1, -0.05) is 0 Å². The Morgan fingerprint density at radius 1 is 1.67 bits per heavy atom. The predicted molar refractivity (Wildman–Crippen MR) is 30.4 cm³/mol. The first-order chi connectivity index (χ1) is 4.13. The summed E-state index contributed by atoms with van der Waals surface area (Å²) >= 11 is 0. The molecule has 0 heterocycles. The average Bonchev–Trinajstić information content (AvgIpc) is 1.63. The molecule has 0 aliphatic carbocycles. The fraction of sp³-hybridized carbons (Fsp3) is 0.750. The van der Waals surface area contributed by atoms with E-state index in [4.69, 9.17) is 0 Å². The van der Waals surface area contributed by atoms with E-state index in [1.165, 1.54) is 6.92 Å². The second-order valence-corrected chi connectivity index (χ2v) is 2.15. The maximum absolute atomic E-state index is 11.2. The molecule has 0 fully saturated rings. The van der Waals surface area contributed by atoms with E-state index in [1.54, 1.807) is 0 Å². The highest BCUT2D eigenvalue weighted by molar-refractivity contribution is 7.40. The monoisotopic (exact) mass is 156 g/mol. The van der Waals surface area contributed by atoms with Gasteiger partial charge in [-0.3, -0.25) is 4.79 Å². The summed E-state index contributed by atoms with van der Waals surface area (Å²) in [6.45, 7) is 1.18. The Morgan fingerprint density at radius 3 is 2.56 bits per heavy atom. The van der Waals surface area contributed by atoms with Gasteiger partial charge in [-0.05, 0) is 6.92 Å². The van der Waals surface area contributed by atoms with E-state index in [1.807, 2.05) is 0 Å². The summed E-state index contributed by atoms with van der Waals surface area (Å²) in [6.07, 6.45) is 0.0761. The van der Waals surface area contributed by atoms with Gasteiger partial charge in [0.25, 0.3) is 0 Å². The second-order valence-electron chi connectivity index (χ2n) is 1.49. The maximum Gasteiger partial charge on any atom is 0.415 e. The van der Waals surface area contributed by atoms with Gasteiger partial charge in [0.1, 0.15) is 5.78 Å². The van der Waals surface area contributed by atoms with Crippen molar-refractivity contribution < 1.29 is 17.7 Å². The van der Waals surface area contributed by atoms with Crippen molar-refractivity contribution in [2.75, 3.05) is 6.61 Å². The number of carbonyl (C=O) groups excluding carboxylic acids is 1. The summed E-state index contributed by atoms with van der Waals surface area (Å²) in [5, 5.41) is 0. The van der Waals surface area contributed by atoms with E-state index < -0.39 is 8.77 Å². The fourth-order valence-corrected chi connectivity index (χ4v) is 0.488. The lowest BCUT2D eigenvalue weighted by atomic mass is 10.3.